The minimum absolute atomic E-state index is 0.108. The lowest BCUT2D eigenvalue weighted by atomic mass is 9.84. The van der Waals surface area contributed by atoms with Gasteiger partial charge in [0.15, 0.2) is 0 Å². The van der Waals surface area contributed by atoms with Gasteiger partial charge in [-0.1, -0.05) is 22.0 Å². The van der Waals surface area contributed by atoms with Gasteiger partial charge in [0.05, 0.1) is 26.8 Å². The van der Waals surface area contributed by atoms with Crippen molar-refractivity contribution in [1.82, 2.24) is 9.80 Å². The molecule has 0 spiro atoms. The molecule has 4 rings (SSSR count). The van der Waals surface area contributed by atoms with Crippen LogP contribution in [0.15, 0.2) is 46.9 Å². The van der Waals surface area contributed by atoms with E-state index in [2.05, 4.69) is 15.9 Å². The van der Waals surface area contributed by atoms with Gasteiger partial charge < -0.3 is 28.7 Å². The van der Waals surface area contributed by atoms with E-state index in [1.54, 1.807) is 24.1 Å². The first-order valence-corrected chi connectivity index (χ1v) is 14.9. The molecule has 224 valence electrons. The van der Waals surface area contributed by atoms with E-state index >= 15 is 0 Å². The van der Waals surface area contributed by atoms with Crippen molar-refractivity contribution in [3.8, 4) is 11.5 Å². The smallest absolute Gasteiger partial charge is 0.410 e. The summed E-state index contributed by atoms with van der Waals surface area (Å²) in [5.41, 5.74) is -0.251. The molecule has 1 heterocycles. The molecule has 2 amide bonds. The first-order valence-electron chi connectivity index (χ1n) is 14.1. The first-order chi connectivity index (χ1) is 19.5. The van der Waals surface area contributed by atoms with Gasteiger partial charge in [-0.05, 0) is 82.9 Å². The number of halogens is 2. The summed E-state index contributed by atoms with van der Waals surface area (Å²) in [5, 5.41) is 0. The number of hydrogen-bond donors (Lipinski definition) is 0. The van der Waals surface area contributed by atoms with Gasteiger partial charge >= 0.3 is 6.09 Å². The molecule has 2 aromatic rings. The van der Waals surface area contributed by atoms with Crippen LogP contribution < -0.4 is 9.47 Å². The van der Waals surface area contributed by atoms with E-state index in [4.69, 9.17) is 18.9 Å². The van der Waals surface area contributed by atoms with Crippen molar-refractivity contribution in [2.75, 3.05) is 33.4 Å². The minimum Gasteiger partial charge on any atom is -0.497 e. The summed E-state index contributed by atoms with van der Waals surface area (Å²) in [4.78, 5) is 30.2. The summed E-state index contributed by atoms with van der Waals surface area (Å²) in [6, 6.07) is 12.1. The molecule has 1 aliphatic heterocycles. The molecule has 1 aliphatic carbocycles. The predicted molar refractivity (Wildman–Crippen MR) is 156 cm³/mol. The molecule has 8 nitrogen and oxygen atoms in total. The van der Waals surface area contributed by atoms with E-state index in [-0.39, 0.29) is 36.3 Å². The fourth-order valence-electron chi connectivity index (χ4n) is 5.27. The molecule has 10 heteroatoms. The summed E-state index contributed by atoms with van der Waals surface area (Å²) in [7, 11) is 1.62. The minimum atomic E-state index is -0.676. The normalized spacial score (nSPS) is 21.2. The Hall–Kier alpha value is -2.85. The van der Waals surface area contributed by atoms with Crippen LogP contribution in [-0.4, -0.2) is 73.0 Å². The number of amides is 2. The van der Waals surface area contributed by atoms with E-state index in [9.17, 15) is 14.0 Å². The van der Waals surface area contributed by atoms with Crippen molar-refractivity contribution in [3.05, 3.63) is 58.3 Å². The number of nitrogens with zero attached hydrogens (tertiary/aromatic N) is 2. The molecular formula is C31H40BrFN2O6. The van der Waals surface area contributed by atoms with E-state index < -0.39 is 11.7 Å². The van der Waals surface area contributed by atoms with Gasteiger partial charge in [-0.2, -0.15) is 0 Å². The molecule has 0 radical (unpaired) electrons. The molecule has 2 fully saturated rings. The summed E-state index contributed by atoms with van der Waals surface area (Å²) >= 11 is 3.29. The monoisotopic (exact) mass is 634 g/mol. The maximum atomic E-state index is 14.7. The van der Waals surface area contributed by atoms with Gasteiger partial charge in [0, 0.05) is 28.5 Å². The molecule has 2 aliphatic rings. The molecule has 0 aromatic heterocycles. The van der Waals surface area contributed by atoms with E-state index in [1.807, 2.05) is 49.9 Å². The fourth-order valence-corrected chi connectivity index (χ4v) is 5.60. The van der Waals surface area contributed by atoms with Crippen molar-refractivity contribution in [1.29, 1.82) is 0 Å². The summed E-state index contributed by atoms with van der Waals surface area (Å²) in [6.45, 7) is 7.38. The Morgan fingerprint density at radius 1 is 1.07 bits per heavy atom. The average Bonchev–Trinajstić information content (AvgIpc) is 2.95. The molecule has 0 N–H and O–H groups in total. The topological polar surface area (TPSA) is 77.5 Å². The Kier molecular flexibility index (Phi) is 10.5. The number of ether oxygens (including phenoxy) is 4. The second-order valence-corrected chi connectivity index (χ2v) is 12.5. The molecular weight excluding hydrogens is 595 g/mol. The van der Waals surface area contributed by atoms with Crippen LogP contribution in [0.2, 0.25) is 0 Å². The maximum absolute atomic E-state index is 14.7. The Bertz CT molecular complexity index is 1180. The first kappa shape index (κ1) is 31.1. The van der Waals surface area contributed by atoms with Gasteiger partial charge in [0.1, 0.15) is 35.6 Å². The van der Waals surface area contributed by atoms with Crippen molar-refractivity contribution in [2.24, 2.45) is 5.92 Å². The standard InChI is InChI=1S/C31H40BrFN2O6/c1-31(2,3)41-30(37)35(18-22-5-8-23(32)17-28(22)33)24-9-6-21(7-10-24)29(36)34-15-16-39-27(19-34)20-40-26-13-11-25(38-4)12-14-26/h5,8,11-14,17,21,24,27H,6-7,9-10,15-16,18-20H2,1-4H3. The SMILES string of the molecule is COc1ccc(OCC2CN(C(=O)C3CCC(N(Cc4ccc(Br)cc4F)C(=O)OC(C)(C)C)CC3)CCO2)cc1. The fraction of sp³-hybridized carbons (Fsp3) is 0.548. The van der Waals surface area contributed by atoms with E-state index in [0.717, 1.165) is 5.75 Å². The summed E-state index contributed by atoms with van der Waals surface area (Å²) in [6.07, 6.45) is 1.90. The van der Waals surface area contributed by atoms with Crippen molar-refractivity contribution in [2.45, 2.75) is 70.7 Å². The van der Waals surface area contributed by atoms with Gasteiger partial charge in [-0.3, -0.25) is 4.79 Å². The quantitative estimate of drug-likeness (QED) is 0.344. The Labute approximate surface area is 250 Å². The highest BCUT2D eigenvalue weighted by Crippen LogP contribution is 2.32. The zero-order valence-corrected chi connectivity index (χ0v) is 25.8. The number of methoxy groups -OCH3 is 1. The lowest BCUT2D eigenvalue weighted by Gasteiger charge is -2.39. The van der Waals surface area contributed by atoms with Gasteiger partial charge in [-0.25, -0.2) is 9.18 Å². The number of carbonyl (C=O) groups excluding carboxylic acids is 2. The molecule has 1 saturated heterocycles. The molecule has 41 heavy (non-hydrogen) atoms. The highest BCUT2D eigenvalue weighted by Gasteiger charge is 2.36. The number of carbonyl (C=O) groups is 2. The second kappa shape index (κ2) is 13.9. The Morgan fingerprint density at radius 3 is 2.39 bits per heavy atom. The van der Waals surface area contributed by atoms with Crippen LogP contribution in [0.25, 0.3) is 0 Å². The molecule has 1 saturated carbocycles. The highest BCUT2D eigenvalue weighted by atomic mass is 79.9. The third-order valence-electron chi connectivity index (χ3n) is 7.42. The van der Waals surface area contributed by atoms with Crippen LogP contribution in [0.5, 0.6) is 11.5 Å². The molecule has 2 aromatic carbocycles. The molecule has 1 atom stereocenters. The van der Waals surface area contributed by atoms with E-state index in [0.29, 0.717) is 67.8 Å². The molecule has 0 bridgehead atoms. The van der Waals surface area contributed by atoms with Crippen LogP contribution in [0.3, 0.4) is 0 Å². The third-order valence-corrected chi connectivity index (χ3v) is 7.91. The van der Waals surface area contributed by atoms with Crippen molar-refractivity contribution < 1.29 is 32.9 Å². The number of rotatable bonds is 8. The lowest BCUT2D eigenvalue weighted by Crippen LogP contribution is -2.51. The van der Waals surface area contributed by atoms with Crippen LogP contribution >= 0.6 is 15.9 Å². The molecule has 1 unspecified atom stereocenters. The Balaban J connectivity index is 1.33. The zero-order valence-electron chi connectivity index (χ0n) is 24.2. The Morgan fingerprint density at radius 2 is 1.76 bits per heavy atom. The maximum Gasteiger partial charge on any atom is 0.410 e. The van der Waals surface area contributed by atoms with Crippen LogP contribution in [0.1, 0.15) is 52.0 Å². The summed E-state index contributed by atoms with van der Waals surface area (Å²) < 4.78 is 37.9. The predicted octanol–water partition coefficient (Wildman–Crippen LogP) is 6.20. The van der Waals surface area contributed by atoms with Crippen LogP contribution in [-0.2, 0) is 20.8 Å². The lowest BCUT2D eigenvalue weighted by molar-refractivity contribution is -0.145. The van der Waals surface area contributed by atoms with Crippen LogP contribution in [0.4, 0.5) is 9.18 Å². The number of hydrogen-bond acceptors (Lipinski definition) is 6. The van der Waals surface area contributed by atoms with Crippen molar-refractivity contribution in [3.63, 3.8) is 0 Å². The largest absolute Gasteiger partial charge is 0.497 e. The van der Waals surface area contributed by atoms with Crippen molar-refractivity contribution >= 4 is 27.9 Å². The zero-order chi connectivity index (χ0) is 29.6. The average molecular weight is 636 g/mol. The van der Waals surface area contributed by atoms with Gasteiger partial charge in [-0.15, -0.1) is 0 Å². The van der Waals surface area contributed by atoms with Crippen LogP contribution in [0, 0.1) is 11.7 Å². The second-order valence-electron chi connectivity index (χ2n) is 11.6. The highest BCUT2D eigenvalue weighted by molar-refractivity contribution is 9.10. The summed E-state index contributed by atoms with van der Waals surface area (Å²) in [5.74, 6) is 1.08. The number of benzene rings is 2. The van der Waals surface area contributed by atoms with Gasteiger partial charge in [0.2, 0.25) is 5.91 Å². The van der Waals surface area contributed by atoms with E-state index in [1.165, 1.54) is 6.07 Å². The van der Waals surface area contributed by atoms with Gasteiger partial charge in [0.25, 0.3) is 0 Å². The number of morpholine rings is 1. The third kappa shape index (κ3) is 8.82.